The zero-order valence-electron chi connectivity index (χ0n) is 15.3. The SMILES string of the molecule is COc1cc(N)c(Cl)cc1C(=O)OC(C)C(=O)NCc1ccc2c(c1)OCO2. The summed E-state index contributed by atoms with van der Waals surface area (Å²) in [5.41, 5.74) is 6.87. The monoisotopic (exact) mass is 406 g/mol. The summed E-state index contributed by atoms with van der Waals surface area (Å²) < 4.78 is 20.9. The molecule has 28 heavy (non-hydrogen) atoms. The summed E-state index contributed by atoms with van der Waals surface area (Å²) in [4.78, 5) is 24.7. The van der Waals surface area contributed by atoms with E-state index in [0.29, 0.717) is 11.5 Å². The second-order valence-corrected chi connectivity index (χ2v) is 6.43. The van der Waals surface area contributed by atoms with Crippen LogP contribution in [0.4, 0.5) is 5.69 Å². The fourth-order valence-electron chi connectivity index (χ4n) is 2.56. The first-order valence-electron chi connectivity index (χ1n) is 8.39. The van der Waals surface area contributed by atoms with Gasteiger partial charge in [-0.15, -0.1) is 0 Å². The molecule has 3 N–H and O–H groups in total. The lowest BCUT2D eigenvalue weighted by Gasteiger charge is -2.15. The van der Waals surface area contributed by atoms with Crippen LogP contribution in [-0.4, -0.2) is 31.9 Å². The number of nitrogens with two attached hydrogens (primary N) is 1. The number of hydrogen-bond donors (Lipinski definition) is 2. The summed E-state index contributed by atoms with van der Waals surface area (Å²) in [5, 5.41) is 2.89. The van der Waals surface area contributed by atoms with E-state index in [9.17, 15) is 9.59 Å². The molecule has 1 unspecified atom stereocenters. The lowest BCUT2D eigenvalue weighted by atomic mass is 10.1. The van der Waals surface area contributed by atoms with E-state index >= 15 is 0 Å². The van der Waals surface area contributed by atoms with E-state index < -0.39 is 18.0 Å². The minimum absolute atomic E-state index is 0.0807. The topological polar surface area (TPSA) is 109 Å². The maximum Gasteiger partial charge on any atom is 0.342 e. The summed E-state index contributed by atoms with van der Waals surface area (Å²) in [6, 6.07) is 8.12. The number of nitrogens with one attached hydrogen (secondary N) is 1. The molecule has 2 aromatic carbocycles. The number of amides is 1. The first kappa shape index (κ1) is 19.6. The van der Waals surface area contributed by atoms with Crippen LogP contribution in [0.15, 0.2) is 30.3 Å². The summed E-state index contributed by atoms with van der Waals surface area (Å²) in [6.45, 7) is 1.89. The molecule has 3 rings (SSSR count). The van der Waals surface area contributed by atoms with E-state index in [1.165, 1.54) is 26.2 Å². The lowest BCUT2D eigenvalue weighted by Crippen LogP contribution is -2.35. The van der Waals surface area contributed by atoms with Crippen LogP contribution in [0.1, 0.15) is 22.8 Å². The lowest BCUT2D eigenvalue weighted by molar-refractivity contribution is -0.129. The molecular weight excluding hydrogens is 388 g/mol. The Morgan fingerprint density at radius 3 is 2.75 bits per heavy atom. The molecule has 148 valence electrons. The number of carbonyl (C=O) groups excluding carboxylic acids is 2. The zero-order valence-corrected chi connectivity index (χ0v) is 16.0. The van der Waals surface area contributed by atoms with Crippen LogP contribution in [-0.2, 0) is 16.1 Å². The Kier molecular flexibility index (Phi) is 5.79. The van der Waals surface area contributed by atoms with Crippen molar-refractivity contribution in [2.24, 2.45) is 0 Å². The zero-order chi connectivity index (χ0) is 20.3. The molecule has 1 atom stereocenters. The van der Waals surface area contributed by atoms with Crippen molar-refractivity contribution >= 4 is 29.2 Å². The molecule has 2 aromatic rings. The molecule has 0 saturated heterocycles. The largest absolute Gasteiger partial charge is 0.496 e. The van der Waals surface area contributed by atoms with Gasteiger partial charge in [0, 0.05) is 12.6 Å². The van der Waals surface area contributed by atoms with Crippen molar-refractivity contribution < 1.29 is 28.5 Å². The van der Waals surface area contributed by atoms with Gasteiger partial charge in [-0.05, 0) is 30.7 Å². The molecule has 0 saturated carbocycles. The molecule has 0 aliphatic carbocycles. The van der Waals surface area contributed by atoms with Crippen LogP contribution < -0.4 is 25.3 Å². The van der Waals surface area contributed by atoms with Crippen molar-refractivity contribution in [3.63, 3.8) is 0 Å². The fourth-order valence-corrected chi connectivity index (χ4v) is 2.72. The van der Waals surface area contributed by atoms with Crippen LogP contribution in [0, 0.1) is 0 Å². The molecule has 1 aliphatic rings. The minimum Gasteiger partial charge on any atom is -0.496 e. The van der Waals surface area contributed by atoms with Gasteiger partial charge in [-0.1, -0.05) is 17.7 Å². The number of halogens is 1. The number of hydrogen-bond acceptors (Lipinski definition) is 7. The van der Waals surface area contributed by atoms with Crippen molar-refractivity contribution in [2.45, 2.75) is 19.6 Å². The second-order valence-electron chi connectivity index (χ2n) is 6.03. The van der Waals surface area contributed by atoms with Gasteiger partial charge in [0.1, 0.15) is 11.3 Å². The Labute approximate surface area is 166 Å². The highest BCUT2D eigenvalue weighted by Gasteiger charge is 2.22. The summed E-state index contributed by atoms with van der Waals surface area (Å²) in [5.74, 6) is 0.294. The van der Waals surface area contributed by atoms with Gasteiger partial charge >= 0.3 is 5.97 Å². The maximum atomic E-state index is 12.4. The second kappa shape index (κ2) is 8.26. The molecule has 1 heterocycles. The summed E-state index contributed by atoms with van der Waals surface area (Å²) in [6.07, 6.45) is -1.03. The highest BCUT2D eigenvalue weighted by Crippen LogP contribution is 2.32. The van der Waals surface area contributed by atoms with Gasteiger partial charge in [-0.3, -0.25) is 4.79 Å². The van der Waals surface area contributed by atoms with Gasteiger partial charge < -0.3 is 30.0 Å². The quantitative estimate of drug-likeness (QED) is 0.560. The number of ether oxygens (including phenoxy) is 4. The number of rotatable bonds is 6. The van der Waals surface area contributed by atoms with Crippen molar-refractivity contribution in [3.8, 4) is 17.2 Å². The number of esters is 1. The highest BCUT2D eigenvalue weighted by molar-refractivity contribution is 6.33. The van der Waals surface area contributed by atoms with E-state index in [1.807, 2.05) is 6.07 Å². The molecule has 0 fully saturated rings. The fraction of sp³-hybridized carbons (Fsp3) is 0.263. The van der Waals surface area contributed by atoms with Crippen LogP contribution in [0.5, 0.6) is 17.2 Å². The minimum atomic E-state index is -1.03. The van der Waals surface area contributed by atoms with Gasteiger partial charge in [0.05, 0.1) is 17.8 Å². The molecule has 8 nitrogen and oxygen atoms in total. The molecule has 0 spiro atoms. The van der Waals surface area contributed by atoms with Gasteiger partial charge in [0.2, 0.25) is 6.79 Å². The van der Waals surface area contributed by atoms with Crippen LogP contribution in [0.3, 0.4) is 0 Å². The molecular formula is C19H19ClN2O6. The first-order valence-corrected chi connectivity index (χ1v) is 8.77. The predicted molar refractivity (Wildman–Crippen MR) is 102 cm³/mol. The molecule has 1 amide bonds. The molecule has 9 heteroatoms. The Hall–Kier alpha value is -3.13. The highest BCUT2D eigenvalue weighted by atomic mass is 35.5. The number of nitrogen functional groups attached to an aromatic ring is 1. The smallest absolute Gasteiger partial charge is 0.342 e. The summed E-state index contributed by atoms with van der Waals surface area (Å²) in [7, 11) is 1.39. The number of anilines is 1. The molecule has 0 bridgehead atoms. The maximum absolute atomic E-state index is 12.4. The third-order valence-corrected chi connectivity index (χ3v) is 4.42. The van der Waals surface area contributed by atoms with E-state index in [4.69, 9.17) is 36.3 Å². The van der Waals surface area contributed by atoms with E-state index in [-0.39, 0.29) is 35.4 Å². The third kappa shape index (κ3) is 4.23. The molecule has 1 aliphatic heterocycles. The Morgan fingerprint density at radius 1 is 1.25 bits per heavy atom. The number of fused-ring (bicyclic) bond motifs is 1. The van der Waals surface area contributed by atoms with E-state index in [2.05, 4.69) is 5.32 Å². The Morgan fingerprint density at radius 2 is 2.00 bits per heavy atom. The van der Waals surface area contributed by atoms with Gasteiger partial charge in [0.25, 0.3) is 5.91 Å². The van der Waals surface area contributed by atoms with Crippen LogP contribution in [0.2, 0.25) is 5.02 Å². The molecule has 0 aromatic heterocycles. The average molecular weight is 407 g/mol. The molecule has 0 radical (unpaired) electrons. The number of carbonyl (C=O) groups is 2. The van der Waals surface area contributed by atoms with Crippen LogP contribution >= 0.6 is 11.6 Å². The standard InChI is InChI=1S/C19H19ClN2O6/c1-10(28-19(24)12-6-13(20)14(21)7-16(12)25-2)18(23)22-8-11-3-4-15-17(5-11)27-9-26-15/h3-7,10H,8-9,21H2,1-2H3,(H,22,23). The van der Waals surface area contributed by atoms with Gasteiger partial charge in [0.15, 0.2) is 17.6 Å². The van der Waals surface area contributed by atoms with Gasteiger partial charge in [-0.2, -0.15) is 0 Å². The predicted octanol–water partition coefficient (Wildman–Crippen LogP) is 2.52. The van der Waals surface area contributed by atoms with Gasteiger partial charge in [-0.25, -0.2) is 4.79 Å². The van der Waals surface area contributed by atoms with Crippen molar-refractivity contribution in [1.82, 2.24) is 5.32 Å². The Bertz CT molecular complexity index is 918. The third-order valence-electron chi connectivity index (χ3n) is 4.10. The Balaban J connectivity index is 1.59. The van der Waals surface area contributed by atoms with Crippen molar-refractivity contribution in [2.75, 3.05) is 19.6 Å². The van der Waals surface area contributed by atoms with Crippen molar-refractivity contribution in [3.05, 3.63) is 46.5 Å². The normalized spacial score (nSPS) is 13.0. The first-order chi connectivity index (χ1) is 13.4. The number of methoxy groups -OCH3 is 1. The average Bonchev–Trinajstić information content (AvgIpc) is 3.15. The number of benzene rings is 2. The van der Waals surface area contributed by atoms with E-state index in [1.54, 1.807) is 12.1 Å². The summed E-state index contributed by atoms with van der Waals surface area (Å²) >= 11 is 5.96. The van der Waals surface area contributed by atoms with E-state index in [0.717, 1.165) is 5.56 Å². The van der Waals surface area contributed by atoms with Crippen LogP contribution in [0.25, 0.3) is 0 Å². The van der Waals surface area contributed by atoms with Crippen molar-refractivity contribution in [1.29, 1.82) is 0 Å².